The van der Waals surface area contributed by atoms with Crippen molar-refractivity contribution in [1.82, 2.24) is 24.5 Å². The van der Waals surface area contributed by atoms with E-state index in [2.05, 4.69) is 15.3 Å². The molecule has 0 bridgehead atoms. The summed E-state index contributed by atoms with van der Waals surface area (Å²) >= 11 is 0. The van der Waals surface area contributed by atoms with Gasteiger partial charge in [-0.2, -0.15) is 0 Å². The molecule has 0 spiro atoms. The summed E-state index contributed by atoms with van der Waals surface area (Å²) in [5.41, 5.74) is 1.66. The number of nitrogens with zero attached hydrogens (tertiary/aromatic N) is 5. The van der Waals surface area contributed by atoms with Crippen LogP contribution in [0.25, 0.3) is 0 Å². The van der Waals surface area contributed by atoms with E-state index in [4.69, 9.17) is 0 Å². The van der Waals surface area contributed by atoms with Gasteiger partial charge in [0, 0.05) is 7.05 Å². The molecule has 86 valence electrons. The van der Waals surface area contributed by atoms with Crippen LogP contribution >= 0.6 is 0 Å². The van der Waals surface area contributed by atoms with E-state index in [0.29, 0.717) is 18.7 Å². The van der Waals surface area contributed by atoms with Crippen molar-refractivity contribution in [3.05, 3.63) is 30.1 Å². The molecule has 1 atom stereocenters. The first-order valence-corrected chi connectivity index (χ1v) is 5.24. The minimum Gasteiger partial charge on any atom is -0.387 e. The Morgan fingerprint density at radius 3 is 2.94 bits per heavy atom. The number of aromatic nitrogens is 5. The lowest BCUT2D eigenvalue weighted by Gasteiger charge is -2.02. The molecule has 0 amide bonds. The predicted octanol–water partition coefficient (Wildman–Crippen LogP) is 0.503. The van der Waals surface area contributed by atoms with E-state index in [9.17, 15) is 5.11 Å². The van der Waals surface area contributed by atoms with Crippen LogP contribution in [-0.2, 0) is 13.6 Å². The van der Waals surface area contributed by atoms with Gasteiger partial charge in [0.05, 0.1) is 37.1 Å². The maximum absolute atomic E-state index is 9.59. The summed E-state index contributed by atoms with van der Waals surface area (Å²) in [5.74, 6) is 0. The number of aryl methyl sites for hydroxylation is 1. The normalized spacial score (nSPS) is 12.9. The summed E-state index contributed by atoms with van der Waals surface area (Å²) in [6, 6.07) is 0. The first-order chi connectivity index (χ1) is 7.70. The summed E-state index contributed by atoms with van der Waals surface area (Å²) in [4.78, 5) is 4.03. The molecule has 6 heteroatoms. The molecule has 2 aromatic rings. The van der Waals surface area contributed by atoms with Gasteiger partial charge in [-0.1, -0.05) is 12.1 Å². The highest BCUT2D eigenvalue weighted by atomic mass is 16.3. The first-order valence-electron chi connectivity index (χ1n) is 5.24. The largest absolute Gasteiger partial charge is 0.387 e. The highest BCUT2D eigenvalue weighted by Crippen LogP contribution is 2.12. The Bertz CT molecular complexity index is 461. The lowest BCUT2D eigenvalue weighted by molar-refractivity contribution is 0.168. The fraction of sp³-hybridized carbons (Fsp3) is 0.500. The summed E-state index contributed by atoms with van der Waals surface area (Å²) < 4.78 is 3.63. The quantitative estimate of drug-likeness (QED) is 0.816. The van der Waals surface area contributed by atoms with Crippen LogP contribution in [0, 0.1) is 0 Å². The molecule has 1 N–H and O–H groups in total. The fourth-order valence-electron chi connectivity index (χ4n) is 1.46. The highest BCUT2D eigenvalue weighted by molar-refractivity contribution is 5.01. The third-order valence-electron chi connectivity index (χ3n) is 2.52. The van der Waals surface area contributed by atoms with Crippen LogP contribution in [-0.4, -0.2) is 29.7 Å². The Kier molecular flexibility index (Phi) is 3.00. The number of imidazole rings is 1. The SMILES string of the molecule is CCC(O)c1cn(Cc2cncn2C)nn1. The zero-order valence-corrected chi connectivity index (χ0v) is 9.41. The van der Waals surface area contributed by atoms with Gasteiger partial charge < -0.3 is 9.67 Å². The third-order valence-corrected chi connectivity index (χ3v) is 2.52. The highest BCUT2D eigenvalue weighted by Gasteiger charge is 2.10. The predicted molar refractivity (Wildman–Crippen MR) is 57.6 cm³/mol. The molecule has 0 saturated heterocycles. The van der Waals surface area contributed by atoms with Crippen LogP contribution in [0.1, 0.15) is 30.8 Å². The van der Waals surface area contributed by atoms with E-state index in [1.54, 1.807) is 23.4 Å². The molecular weight excluding hydrogens is 206 g/mol. The van der Waals surface area contributed by atoms with Gasteiger partial charge in [-0.05, 0) is 6.42 Å². The van der Waals surface area contributed by atoms with Gasteiger partial charge in [-0.3, -0.25) is 0 Å². The molecule has 6 nitrogen and oxygen atoms in total. The van der Waals surface area contributed by atoms with Gasteiger partial charge in [0.1, 0.15) is 5.69 Å². The molecule has 0 aliphatic heterocycles. The van der Waals surface area contributed by atoms with Crippen LogP contribution < -0.4 is 0 Å². The average molecular weight is 221 g/mol. The zero-order valence-electron chi connectivity index (χ0n) is 9.41. The molecule has 0 radical (unpaired) electrons. The van der Waals surface area contributed by atoms with Crippen molar-refractivity contribution >= 4 is 0 Å². The summed E-state index contributed by atoms with van der Waals surface area (Å²) in [7, 11) is 1.93. The van der Waals surface area contributed by atoms with Gasteiger partial charge in [-0.15, -0.1) is 5.10 Å². The van der Waals surface area contributed by atoms with Crippen molar-refractivity contribution in [2.24, 2.45) is 7.05 Å². The lowest BCUT2D eigenvalue weighted by atomic mass is 10.2. The smallest absolute Gasteiger partial charge is 0.111 e. The molecule has 16 heavy (non-hydrogen) atoms. The van der Waals surface area contributed by atoms with Gasteiger partial charge in [0.2, 0.25) is 0 Å². The lowest BCUT2D eigenvalue weighted by Crippen LogP contribution is -2.04. The van der Waals surface area contributed by atoms with E-state index in [1.807, 2.05) is 18.5 Å². The van der Waals surface area contributed by atoms with Crippen molar-refractivity contribution in [2.75, 3.05) is 0 Å². The number of rotatable bonds is 4. The third kappa shape index (κ3) is 2.11. The molecule has 0 aliphatic carbocycles. The van der Waals surface area contributed by atoms with E-state index < -0.39 is 6.10 Å². The average Bonchev–Trinajstić information content (AvgIpc) is 2.89. The Morgan fingerprint density at radius 2 is 2.31 bits per heavy atom. The molecule has 0 aliphatic rings. The molecule has 0 saturated carbocycles. The number of hydrogen-bond donors (Lipinski definition) is 1. The maximum atomic E-state index is 9.59. The first kappa shape index (κ1) is 10.8. The van der Waals surface area contributed by atoms with Gasteiger partial charge in [-0.25, -0.2) is 9.67 Å². The monoisotopic (exact) mass is 221 g/mol. The van der Waals surface area contributed by atoms with Crippen LogP contribution in [0.3, 0.4) is 0 Å². The van der Waals surface area contributed by atoms with E-state index in [1.165, 1.54) is 0 Å². The van der Waals surface area contributed by atoms with Crippen LogP contribution in [0.15, 0.2) is 18.7 Å². The van der Waals surface area contributed by atoms with Crippen molar-refractivity contribution in [3.8, 4) is 0 Å². The molecule has 0 aromatic carbocycles. The van der Waals surface area contributed by atoms with Crippen LogP contribution in [0.2, 0.25) is 0 Å². The summed E-state index contributed by atoms with van der Waals surface area (Å²) in [6.45, 7) is 2.52. The molecule has 2 aromatic heterocycles. The van der Waals surface area contributed by atoms with Gasteiger partial charge in [0.15, 0.2) is 0 Å². The molecule has 0 fully saturated rings. The maximum Gasteiger partial charge on any atom is 0.111 e. The fourth-order valence-corrected chi connectivity index (χ4v) is 1.46. The Morgan fingerprint density at radius 1 is 1.50 bits per heavy atom. The summed E-state index contributed by atoms with van der Waals surface area (Å²) in [6.07, 6.45) is 5.41. The zero-order chi connectivity index (χ0) is 11.5. The molecular formula is C10H15N5O. The van der Waals surface area contributed by atoms with Gasteiger partial charge >= 0.3 is 0 Å². The number of hydrogen-bond acceptors (Lipinski definition) is 4. The topological polar surface area (TPSA) is 68.8 Å². The Balaban J connectivity index is 2.11. The van der Waals surface area contributed by atoms with E-state index >= 15 is 0 Å². The van der Waals surface area contributed by atoms with Gasteiger partial charge in [0.25, 0.3) is 0 Å². The molecule has 2 rings (SSSR count). The molecule has 1 unspecified atom stereocenters. The number of aliphatic hydroxyl groups excluding tert-OH is 1. The second-order valence-corrected chi connectivity index (χ2v) is 3.76. The van der Waals surface area contributed by atoms with Crippen molar-refractivity contribution in [3.63, 3.8) is 0 Å². The molecule has 2 heterocycles. The minimum atomic E-state index is -0.528. The van der Waals surface area contributed by atoms with Crippen molar-refractivity contribution < 1.29 is 5.11 Å². The second-order valence-electron chi connectivity index (χ2n) is 3.76. The Hall–Kier alpha value is -1.69. The second kappa shape index (κ2) is 4.44. The number of aliphatic hydroxyl groups is 1. The van der Waals surface area contributed by atoms with Crippen molar-refractivity contribution in [1.29, 1.82) is 0 Å². The van der Waals surface area contributed by atoms with Crippen LogP contribution in [0.4, 0.5) is 0 Å². The summed E-state index contributed by atoms with van der Waals surface area (Å²) in [5, 5.41) is 17.5. The van der Waals surface area contributed by atoms with Crippen LogP contribution in [0.5, 0.6) is 0 Å². The standard InChI is InChI=1S/C10H15N5O/c1-3-10(16)9-6-15(13-12-9)5-8-4-11-7-14(8)2/h4,6-7,10,16H,3,5H2,1-2H3. The Labute approximate surface area is 93.5 Å². The van der Waals surface area contributed by atoms with E-state index in [-0.39, 0.29) is 0 Å². The van der Waals surface area contributed by atoms with Crippen molar-refractivity contribution in [2.45, 2.75) is 26.0 Å². The van der Waals surface area contributed by atoms with E-state index in [0.717, 1.165) is 5.69 Å². The minimum absolute atomic E-state index is 0.528.